The molecule has 0 aliphatic heterocycles. The minimum atomic E-state index is -1.16. The van der Waals surface area contributed by atoms with Gasteiger partial charge < -0.3 is 15.9 Å². The summed E-state index contributed by atoms with van der Waals surface area (Å²) in [4.78, 5) is 10.8. The van der Waals surface area contributed by atoms with Crippen molar-refractivity contribution in [2.24, 2.45) is 5.92 Å². The molecule has 4 N–H and O–H groups in total. The van der Waals surface area contributed by atoms with Crippen molar-refractivity contribution < 1.29 is 15.0 Å². The van der Waals surface area contributed by atoms with E-state index < -0.39 is 11.6 Å². The maximum Gasteiger partial charge on any atom is 0.306 e. The van der Waals surface area contributed by atoms with Crippen LogP contribution in [-0.4, -0.2) is 21.8 Å². The summed E-state index contributed by atoms with van der Waals surface area (Å²) in [5.41, 5.74) is 6.18. The molecule has 4 nitrogen and oxygen atoms in total. The SMILES string of the molecule is CC(C)C(O)(CCc1ccc(N)cc1)CC(=O)O. The van der Waals surface area contributed by atoms with Crippen molar-refractivity contribution in [2.45, 2.75) is 38.7 Å². The molecule has 100 valence electrons. The zero-order chi connectivity index (χ0) is 13.8. The van der Waals surface area contributed by atoms with Crippen LogP contribution in [-0.2, 0) is 11.2 Å². The summed E-state index contributed by atoms with van der Waals surface area (Å²) in [5.74, 6) is -1.06. The van der Waals surface area contributed by atoms with Gasteiger partial charge in [-0.2, -0.15) is 0 Å². The number of carboxylic acid groups (broad SMARTS) is 1. The van der Waals surface area contributed by atoms with Crippen molar-refractivity contribution in [1.82, 2.24) is 0 Å². The molecule has 1 rings (SSSR count). The van der Waals surface area contributed by atoms with Gasteiger partial charge in [0.15, 0.2) is 0 Å². The van der Waals surface area contributed by atoms with Crippen LogP contribution >= 0.6 is 0 Å². The number of hydrogen-bond donors (Lipinski definition) is 3. The third-order valence-corrected chi connectivity index (χ3v) is 3.36. The van der Waals surface area contributed by atoms with E-state index in [1.165, 1.54) is 0 Å². The van der Waals surface area contributed by atoms with Gasteiger partial charge in [-0.15, -0.1) is 0 Å². The molecule has 0 bridgehead atoms. The second-order valence-corrected chi connectivity index (χ2v) is 5.07. The number of aliphatic hydroxyl groups is 1. The summed E-state index contributed by atoms with van der Waals surface area (Å²) in [6.07, 6.45) is 0.850. The summed E-state index contributed by atoms with van der Waals surface area (Å²) < 4.78 is 0. The largest absolute Gasteiger partial charge is 0.481 e. The van der Waals surface area contributed by atoms with E-state index in [0.717, 1.165) is 5.56 Å². The van der Waals surface area contributed by atoms with Crippen molar-refractivity contribution in [2.75, 3.05) is 5.73 Å². The molecule has 1 unspecified atom stereocenters. The Hall–Kier alpha value is -1.55. The lowest BCUT2D eigenvalue weighted by atomic mass is 9.82. The normalized spacial score (nSPS) is 14.4. The fraction of sp³-hybridized carbons (Fsp3) is 0.500. The van der Waals surface area contributed by atoms with E-state index in [4.69, 9.17) is 10.8 Å². The van der Waals surface area contributed by atoms with Crippen LogP contribution in [0.15, 0.2) is 24.3 Å². The third-order valence-electron chi connectivity index (χ3n) is 3.36. The highest BCUT2D eigenvalue weighted by atomic mass is 16.4. The quantitative estimate of drug-likeness (QED) is 0.676. The summed E-state index contributed by atoms with van der Waals surface area (Å²) in [6.45, 7) is 3.68. The maximum atomic E-state index is 10.8. The molecule has 0 aliphatic carbocycles. The topological polar surface area (TPSA) is 83.5 Å². The molecule has 4 heteroatoms. The molecule has 0 saturated heterocycles. The van der Waals surface area contributed by atoms with Crippen LogP contribution in [0.4, 0.5) is 5.69 Å². The van der Waals surface area contributed by atoms with Crippen molar-refractivity contribution in [3.63, 3.8) is 0 Å². The number of carbonyl (C=O) groups is 1. The van der Waals surface area contributed by atoms with E-state index in [-0.39, 0.29) is 12.3 Å². The molecule has 1 aromatic carbocycles. The Morgan fingerprint density at radius 3 is 2.33 bits per heavy atom. The van der Waals surface area contributed by atoms with Crippen LogP contribution in [0.5, 0.6) is 0 Å². The smallest absolute Gasteiger partial charge is 0.306 e. The molecule has 0 aromatic heterocycles. The van der Waals surface area contributed by atoms with Gasteiger partial charge in [0, 0.05) is 5.69 Å². The molecule has 0 heterocycles. The molecule has 1 aromatic rings. The fourth-order valence-corrected chi connectivity index (χ4v) is 1.89. The first-order chi connectivity index (χ1) is 8.33. The fourth-order valence-electron chi connectivity index (χ4n) is 1.89. The van der Waals surface area contributed by atoms with Gasteiger partial charge >= 0.3 is 5.97 Å². The lowest BCUT2D eigenvalue weighted by Gasteiger charge is -2.30. The van der Waals surface area contributed by atoms with Gasteiger partial charge in [-0.3, -0.25) is 4.79 Å². The van der Waals surface area contributed by atoms with Crippen molar-refractivity contribution in [3.8, 4) is 0 Å². The van der Waals surface area contributed by atoms with Crippen molar-refractivity contribution in [1.29, 1.82) is 0 Å². The summed E-state index contributed by atoms with van der Waals surface area (Å²) in [7, 11) is 0. The lowest BCUT2D eigenvalue weighted by Crippen LogP contribution is -2.38. The van der Waals surface area contributed by atoms with Crippen LogP contribution in [0.2, 0.25) is 0 Å². The monoisotopic (exact) mass is 251 g/mol. The van der Waals surface area contributed by atoms with Crippen LogP contribution in [0, 0.1) is 5.92 Å². The van der Waals surface area contributed by atoms with Gasteiger partial charge in [0.2, 0.25) is 0 Å². The van der Waals surface area contributed by atoms with E-state index >= 15 is 0 Å². The number of aliphatic carboxylic acids is 1. The highest BCUT2D eigenvalue weighted by molar-refractivity contribution is 5.68. The number of hydrogen-bond acceptors (Lipinski definition) is 3. The maximum absolute atomic E-state index is 10.8. The molecule has 18 heavy (non-hydrogen) atoms. The van der Waals surface area contributed by atoms with E-state index in [1.54, 1.807) is 12.1 Å². The van der Waals surface area contributed by atoms with Crippen LogP contribution in [0.3, 0.4) is 0 Å². The first kappa shape index (κ1) is 14.5. The number of carboxylic acids is 1. The molecule has 0 aliphatic rings. The number of nitrogens with two attached hydrogens (primary N) is 1. The van der Waals surface area contributed by atoms with Gasteiger partial charge in [0.1, 0.15) is 0 Å². The van der Waals surface area contributed by atoms with Gasteiger partial charge in [0.05, 0.1) is 12.0 Å². The molecule has 0 spiro atoms. The zero-order valence-corrected chi connectivity index (χ0v) is 10.9. The Bertz CT molecular complexity index is 400. The van der Waals surface area contributed by atoms with Crippen molar-refractivity contribution in [3.05, 3.63) is 29.8 Å². The van der Waals surface area contributed by atoms with Gasteiger partial charge in [-0.1, -0.05) is 26.0 Å². The molecular weight excluding hydrogens is 230 g/mol. The van der Waals surface area contributed by atoms with E-state index in [1.807, 2.05) is 26.0 Å². The third kappa shape index (κ3) is 4.04. The zero-order valence-electron chi connectivity index (χ0n) is 10.9. The van der Waals surface area contributed by atoms with Gasteiger partial charge in [-0.05, 0) is 36.5 Å². The summed E-state index contributed by atoms with van der Waals surface area (Å²) >= 11 is 0. The van der Waals surface area contributed by atoms with E-state index in [9.17, 15) is 9.90 Å². The average Bonchev–Trinajstić information content (AvgIpc) is 2.27. The van der Waals surface area contributed by atoms with E-state index in [2.05, 4.69) is 0 Å². The second kappa shape index (κ2) is 5.87. The first-order valence-electron chi connectivity index (χ1n) is 6.12. The standard InChI is InChI=1S/C14H21NO3/c1-10(2)14(18,9-13(16)17)8-7-11-3-5-12(15)6-4-11/h3-6,10,18H,7-9,15H2,1-2H3,(H,16,17). The molecular formula is C14H21NO3. The predicted molar refractivity (Wildman–Crippen MR) is 71.2 cm³/mol. The Morgan fingerprint density at radius 2 is 1.89 bits per heavy atom. The summed E-state index contributed by atoms with van der Waals surface area (Å²) in [5, 5.41) is 19.2. The highest BCUT2D eigenvalue weighted by Gasteiger charge is 2.33. The predicted octanol–water partition coefficient (Wildman–Crippen LogP) is 2.06. The Balaban J connectivity index is 2.67. The minimum absolute atomic E-state index is 0.0950. The van der Waals surface area contributed by atoms with Crippen LogP contribution < -0.4 is 5.73 Å². The molecule has 0 radical (unpaired) electrons. The molecule has 1 atom stereocenters. The highest BCUT2D eigenvalue weighted by Crippen LogP contribution is 2.27. The number of anilines is 1. The van der Waals surface area contributed by atoms with Gasteiger partial charge in [0.25, 0.3) is 0 Å². The molecule has 0 amide bonds. The van der Waals surface area contributed by atoms with Gasteiger partial charge in [-0.25, -0.2) is 0 Å². The first-order valence-corrected chi connectivity index (χ1v) is 6.12. The average molecular weight is 251 g/mol. The molecule has 0 saturated carbocycles. The Labute approximate surface area is 107 Å². The van der Waals surface area contributed by atoms with Crippen molar-refractivity contribution >= 4 is 11.7 Å². The lowest BCUT2D eigenvalue weighted by molar-refractivity contribution is -0.145. The molecule has 0 fully saturated rings. The minimum Gasteiger partial charge on any atom is -0.481 e. The number of nitrogen functional groups attached to an aromatic ring is 1. The number of rotatable bonds is 6. The second-order valence-electron chi connectivity index (χ2n) is 5.07. The van der Waals surface area contributed by atoms with E-state index in [0.29, 0.717) is 18.5 Å². The van der Waals surface area contributed by atoms with Crippen LogP contribution in [0.25, 0.3) is 0 Å². The Kier molecular flexibility index (Phi) is 4.73. The van der Waals surface area contributed by atoms with Crippen LogP contribution in [0.1, 0.15) is 32.3 Å². The summed E-state index contributed by atoms with van der Waals surface area (Å²) in [6, 6.07) is 7.41. The Morgan fingerprint density at radius 1 is 1.33 bits per heavy atom. The number of benzene rings is 1. The number of aryl methyl sites for hydroxylation is 1.